The van der Waals surface area contributed by atoms with E-state index in [4.69, 9.17) is 19.4 Å². The van der Waals surface area contributed by atoms with Gasteiger partial charge < -0.3 is 13.6 Å². The molecular weight excluding hydrogens is 699 g/mol. The SMILES string of the molecule is c1ccc(-c2nc(-c3ccccc3)nc(-c3cccc4oc5c(ccc6c7cccc(-n8c9ccccc9c9ccccc98)c7n(-c7ccccc7)c65)c34)n2)cc1. The molecule has 0 aliphatic rings. The van der Waals surface area contributed by atoms with E-state index < -0.39 is 0 Å². The highest BCUT2D eigenvalue weighted by molar-refractivity contribution is 6.24. The van der Waals surface area contributed by atoms with E-state index in [9.17, 15) is 0 Å². The molecule has 8 aromatic carbocycles. The first-order chi connectivity index (χ1) is 28.3. The van der Waals surface area contributed by atoms with Crippen molar-refractivity contribution in [3.8, 4) is 45.5 Å². The average molecular weight is 730 g/mol. The molecule has 12 aromatic rings. The maximum Gasteiger partial charge on any atom is 0.164 e. The van der Waals surface area contributed by atoms with Crippen LogP contribution in [0.1, 0.15) is 0 Å². The van der Waals surface area contributed by atoms with E-state index in [-0.39, 0.29) is 0 Å². The molecule has 12 rings (SSSR count). The van der Waals surface area contributed by atoms with E-state index in [0.29, 0.717) is 17.5 Å². The molecule has 0 amide bonds. The van der Waals surface area contributed by atoms with Crippen molar-refractivity contribution >= 4 is 65.6 Å². The number of benzene rings is 8. The Hall–Kier alpha value is -7.83. The molecular formula is C51H31N5O. The predicted octanol–water partition coefficient (Wildman–Crippen LogP) is 13.0. The molecule has 0 aliphatic heterocycles. The van der Waals surface area contributed by atoms with Crippen LogP contribution in [0.2, 0.25) is 0 Å². The van der Waals surface area contributed by atoms with Crippen molar-refractivity contribution < 1.29 is 4.42 Å². The lowest BCUT2D eigenvalue weighted by molar-refractivity contribution is 0.671. The van der Waals surface area contributed by atoms with Gasteiger partial charge in [0.25, 0.3) is 0 Å². The van der Waals surface area contributed by atoms with Crippen LogP contribution in [0.25, 0.3) is 111 Å². The van der Waals surface area contributed by atoms with Crippen LogP contribution in [0.4, 0.5) is 0 Å². The number of fused-ring (bicyclic) bond motifs is 10. The lowest BCUT2D eigenvalue weighted by Crippen LogP contribution is -2.00. The molecule has 6 nitrogen and oxygen atoms in total. The Morgan fingerprint density at radius 3 is 1.56 bits per heavy atom. The van der Waals surface area contributed by atoms with Gasteiger partial charge in [-0.1, -0.05) is 146 Å². The minimum Gasteiger partial charge on any atom is -0.454 e. The molecule has 0 aliphatic carbocycles. The number of nitrogens with zero attached hydrogens (tertiary/aromatic N) is 5. The molecule has 0 bridgehead atoms. The van der Waals surface area contributed by atoms with Crippen LogP contribution in [0, 0.1) is 0 Å². The van der Waals surface area contributed by atoms with E-state index in [1.165, 1.54) is 10.8 Å². The highest BCUT2D eigenvalue weighted by Gasteiger charge is 2.25. The maximum atomic E-state index is 7.02. The predicted molar refractivity (Wildman–Crippen MR) is 232 cm³/mol. The molecule has 0 atom stereocenters. The lowest BCUT2D eigenvalue weighted by atomic mass is 10.0. The molecule has 4 aromatic heterocycles. The van der Waals surface area contributed by atoms with Gasteiger partial charge in [-0.2, -0.15) is 0 Å². The fourth-order valence-electron chi connectivity index (χ4n) is 8.72. The molecule has 4 heterocycles. The highest BCUT2D eigenvalue weighted by Crippen LogP contribution is 2.45. The molecule has 0 saturated heterocycles. The van der Waals surface area contributed by atoms with Gasteiger partial charge in [0, 0.05) is 54.7 Å². The lowest BCUT2D eigenvalue weighted by Gasteiger charge is -2.14. The van der Waals surface area contributed by atoms with Crippen LogP contribution in [0.15, 0.2) is 192 Å². The topological polar surface area (TPSA) is 61.7 Å². The molecule has 0 unspecified atom stereocenters. The third-order valence-electron chi connectivity index (χ3n) is 11.2. The van der Waals surface area contributed by atoms with Gasteiger partial charge in [0.15, 0.2) is 23.1 Å². The Morgan fingerprint density at radius 1 is 0.368 bits per heavy atom. The normalized spacial score (nSPS) is 11.9. The van der Waals surface area contributed by atoms with E-state index in [0.717, 1.165) is 82.8 Å². The third-order valence-corrected chi connectivity index (χ3v) is 11.2. The zero-order valence-corrected chi connectivity index (χ0v) is 30.5. The standard InChI is InChI=1S/C51H31N5O/c1-4-16-32(17-5-1)49-52-50(33-18-6-2-7-19-33)54-51(53-49)40-25-15-29-44-45(40)39-31-30-38-37-24-14-28-43(46(37)55(47(38)48(39)57-44)34-20-8-3-9-21-34)56-41-26-12-10-22-35(41)36-23-11-13-27-42(36)56/h1-31H. The first-order valence-corrected chi connectivity index (χ1v) is 19.1. The Balaban J connectivity index is 1.18. The number of hydrogen-bond acceptors (Lipinski definition) is 4. The first-order valence-electron chi connectivity index (χ1n) is 19.1. The maximum absolute atomic E-state index is 7.02. The van der Waals surface area contributed by atoms with Crippen LogP contribution >= 0.6 is 0 Å². The quantitative estimate of drug-likeness (QED) is 0.177. The largest absolute Gasteiger partial charge is 0.454 e. The van der Waals surface area contributed by atoms with Gasteiger partial charge in [0.2, 0.25) is 0 Å². The molecule has 6 heteroatoms. The second kappa shape index (κ2) is 12.3. The number of furan rings is 1. The van der Waals surface area contributed by atoms with Crippen LogP contribution in [-0.2, 0) is 0 Å². The molecule has 266 valence electrons. The summed E-state index contributed by atoms with van der Waals surface area (Å²) in [7, 11) is 0. The van der Waals surface area contributed by atoms with Crippen molar-refractivity contribution in [1.82, 2.24) is 24.1 Å². The Bertz CT molecular complexity index is 3400. The van der Waals surface area contributed by atoms with Crippen molar-refractivity contribution in [3.05, 3.63) is 188 Å². The summed E-state index contributed by atoms with van der Waals surface area (Å²) in [5.41, 5.74) is 10.9. The summed E-state index contributed by atoms with van der Waals surface area (Å²) in [6, 6.07) is 65.4. The fraction of sp³-hybridized carbons (Fsp3) is 0. The smallest absolute Gasteiger partial charge is 0.164 e. The molecule has 0 spiro atoms. The molecule has 0 fully saturated rings. The van der Waals surface area contributed by atoms with Gasteiger partial charge in [-0.25, -0.2) is 15.0 Å². The van der Waals surface area contributed by atoms with Crippen LogP contribution in [0.3, 0.4) is 0 Å². The van der Waals surface area contributed by atoms with Gasteiger partial charge >= 0.3 is 0 Å². The van der Waals surface area contributed by atoms with Crippen molar-refractivity contribution in [2.75, 3.05) is 0 Å². The molecule has 0 radical (unpaired) electrons. The fourth-order valence-corrected chi connectivity index (χ4v) is 8.72. The van der Waals surface area contributed by atoms with Gasteiger partial charge in [0.05, 0.1) is 27.8 Å². The van der Waals surface area contributed by atoms with Crippen molar-refractivity contribution in [2.24, 2.45) is 0 Å². The third kappa shape index (κ3) is 4.74. The van der Waals surface area contributed by atoms with E-state index in [1.54, 1.807) is 0 Å². The number of para-hydroxylation sites is 4. The van der Waals surface area contributed by atoms with Crippen LogP contribution in [-0.4, -0.2) is 24.1 Å². The Morgan fingerprint density at radius 2 is 0.895 bits per heavy atom. The minimum atomic E-state index is 0.591. The summed E-state index contributed by atoms with van der Waals surface area (Å²) < 4.78 is 11.8. The molecule has 0 N–H and O–H groups in total. The summed E-state index contributed by atoms with van der Waals surface area (Å²) >= 11 is 0. The number of rotatable bonds is 5. The minimum absolute atomic E-state index is 0.591. The van der Waals surface area contributed by atoms with Crippen molar-refractivity contribution in [1.29, 1.82) is 0 Å². The van der Waals surface area contributed by atoms with Gasteiger partial charge in [0.1, 0.15) is 5.58 Å². The van der Waals surface area contributed by atoms with Crippen molar-refractivity contribution in [3.63, 3.8) is 0 Å². The zero-order chi connectivity index (χ0) is 37.5. The van der Waals surface area contributed by atoms with E-state index in [1.807, 2.05) is 72.8 Å². The zero-order valence-electron chi connectivity index (χ0n) is 30.5. The molecule has 57 heavy (non-hydrogen) atoms. The van der Waals surface area contributed by atoms with Crippen molar-refractivity contribution in [2.45, 2.75) is 0 Å². The first kappa shape index (κ1) is 31.5. The summed E-state index contributed by atoms with van der Waals surface area (Å²) in [5.74, 6) is 1.83. The second-order valence-corrected chi connectivity index (χ2v) is 14.4. The van der Waals surface area contributed by atoms with Gasteiger partial charge in [-0.05, 0) is 42.5 Å². The molecule has 0 saturated carbocycles. The highest BCUT2D eigenvalue weighted by atomic mass is 16.3. The van der Waals surface area contributed by atoms with Crippen LogP contribution < -0.4 is 0 Å². The van der Waals surface area contributed by atoms with Gasteiger partial charge in [-0.3, -0.25) is 0 Å². The number of hydrogen-bond donors (Lipinski definition) is 0. The van der Waals surface area contributed by atoms with E-state index in [2.05, 4.69) is 124 Å². The van der Waals surface area contributed by atoms with Gasteiger partial charge in [-0.15, -0.1) is 0 Å². The number of aromatic nitrogens is 5. The van der Waals surface area contributed by atoms with E-state index >= 15 is 0 Å². The summed E-state index contributed by atoms with van der Waals surface area (Å²) in [6.07, 6.45) is 0. The second-order valence-electron chi connectivity index (χ2n) is 14.4. The summed E-state index contributed by atoms with van der Waals surface area (Å²) in [5, 5.41) is 6.67. The van der Waals surface area contributed by atoms with Crippen LogP contribution in [0.5, 0.6) is 0 Å². The Labute approximate surface area is 326 Å². The summed E-state index contributed by atoms with van der Waals surface area (Å²) in [4.78, 5) is 15.2. The monoisotopic (exact) mass is 729 g/mol. The Kier molecular flexibility index (Phi) is 6.83. The summed E-state index contributed by atoms with van der Waals surface area (Å²) in [6.45, 7) is 0. The average Bonchev–Trinajstić information content (AvgIpc) is 3.95.